The number of hydrogen-bond donors (Lipinski definition) is 0. The first-order valence-electron chi connectivity index (χ1n) is 11.2. The predicted octanol–water partition coefficient (Wildman–Crippen LogP) is 4.41. The number of hydrogen-bond acceptors (Lipinski definition) is 7. The van der Waals surface area contributed by atoms with E-state index in [-0.39, 0.29) is 35.6 Å². The molecule has 1 unspecified atom stereocenters. The summed E-state index contributed by atoms with van der Waals surface area (Å²) in [5.41, 5.74) is -1.19. The standard InChI is InChI=1S/C24H19F4N5O3/c25-18-10-14(3-4-19(18)36-16-5-7-30-20(11-16)24(26,27)28)13-35-21-17(12-29)22-32-8-1-2-15(32)6-9-33(22)23(34)31-21/h3-5,7,10-11,15H,1-2,6,8-9,13H2. The van der Waals surface area contributed by atoms with E-state index >= 15 is 0 Å². The average Bonchev–Trinajstić information content (AvgIpc) is 3.33. The summed E-state index contributed by atoms with van der Waals surface area (Å²) in [6.07, 6.45) is -0.979. The number of pyridine rings is 1. The lowest BCUT2D eigenvalue weighted by atomic mass is 10.1. The Labute approximate surface area is 202 Å². The average molecular weight is 501 g/mol. The van der Waals surface area contributed by atoms with E-state index in [1.807, 2.05) is 4.90 Å². The van der Waals surface area contributed by atoms with Crippen LogP contribution in [0.25, 0.3) is 0 Å². The van der Waals surface area contributed by atoms with E-state index in [0.717, 1.165) is 38.1 Å². The molecular weight excluding hydrogens is 482 g/mol. The van der Waals surface area contributed by atoms with Crippen molar-refractivity contribution >= 4 is 5.82 Å². The number of fused-ring (bicyclic) bond motifs is 3. The molecule has 0 spiro atoms. The quantitative estimate of drug-likeness (QED) is 0.478. The number of alkyl halides is 3. The van der Waals surface area contributed by atoms with Crippen molar-refractivity contribution in [3.05, 3.63) is 69.7 Å². The van der Waals surface area contributed by atoms with Crippen LogP contribution in [0.2, 0.25) is 0 Å². The van der Waals surface area contributed by atoms with Crippen molar-refractivity contribution in [2.75, 3.05) is 11.4 Å². The van der Waals surface area contributed by atoms with Crippen molar-refractivity contribution in [3.63, 3.8) is 0 Å². The lowest BCUT2D eigenvalue weighted by molar-refractivity contribution is -0.141. The van der Waals surface area contributed by atoms with Crippen LogP contribution in [0, 0.1) is 17.1 Å². The molecule has 8 nitrogen and oxygen atoms in total. The molecule has 36 heavy (non-hydrogen) atoms. The van der Waals surface area contributed by atoms with Crippen molar-refractivity contribution in [2.45, 2.75) is 44.6 Å². The van der Waals surface area contributed by atoms with Gasteiger partial charge in [0.1, 0.15) is 29.9 Å². The molecule has 3 aromatic rings. The van der Waals surface area contributed by atoms with Crippen molar-refractivity contribution in [2.24, 2.45) is 0 Å². The number of rotatable bonds is 5. The molecule has 2 aliphatic rings. The molecule has 1 atom stereocenters. The summed E-state index contributed by atoms with van der Waals surface area (Å²) in [4.78, 5) is 21.8. The molecular formula is C24H19F4N5O3. The van der Waals surface area contributed by atoms with Gasteiger partial charge in [0.25, 0.3) is 0 Å². The molecule has 12 heteroatoms. The summed E-state index contributed by atoms with van der Waals surface area (Å²) in [6, 6.07) is 8.01. The van der Waals surface area contributed by atoms with E-state index in [2.05, 4.69) is 16.0 Å². The SMILES string of the molecule is N#Cc1c(OCc2ccc(Oc3ccnc(C(F)(F)F)c3)c(F)c2)nc(=O)n2c1N1CCCC1CC2. The fourth-order valence-corrected chi connectivity index (χ4v) is 4.54. The van der Waals surface area contributed by atoms with Gasteiger partial charge in [0.2, 0.25) is 5.88 Å². The van der Waals surface area contributed by atoms with Gasteiger partial charge in [-0.2, -0.15) is 23.4 Å². The largest absolute Gasteiger partial charge is 0.472 e. The van der Waals surface area contributed by atoms with E-state index in [1.165, 1.54) is 22.8 Å². The highest BCUT2D eigenvalue weighted by atomic mass is 19.4. The molecule has 2 aromatic heterocycles. The zero-order chi connectivity index (χ0) is 25.4. The van der Waals surface area contributed by atoms with Crippen LogP contribution < -0.4 is 20.1 Å². The van der Waals surface area contributed by atoms with Crippen LogP contribution in [0.1, 0.15) is 36.1 Å². The van der Waals surface area contributed by atoms with E-state index in [9.17, 15) is 27.6 Å². The Kier molecular flexibility index (Phi) is 5.99. The maximum atomic E-state index is 14.6. The smallest absolute Gasteiger partial charge is 0.433 e. The Hall–Kier alpha value is -4.14. The maximum Gasteiger partial charge on any atom is 0.433 e. The van der Waals surface area contributed by atoms with Gasteiger partial charge < -0.3 is 14.4 Å². The summed E-state index contributed by atoms with van der Waals surface area (Å²) in [5, 5.41) is 9.81. The van der Waals surface area contributed by atoms with E-state index in [1.54, 1.807) is 0 Å². The van der Waals surface area contributed by atoms with Gasteiger partial charge in [-0.15, -0.1) is 0 Å². The molecule has 0 aliphatic carbocycles. The first-order valence-corrected chi connectivity index (χ1v) is 11.2. The fourth-order valence-electron chi connectivity index (χ4n) is 4.54. The highest BCUT2D eigenvalue weighted by Gasteiger charge is 2.35. The third-order valence-corrected chi connectivity index (χ3v) is 6.19. The van der Waals surface area contributed by atoms with E-state index in [4.69, 9.17) is 9.47 Å². The first kappa shape index (κ1) is 23.6. The number of anilines is 1. The lowest BCUT2D eigenvalue weighted by Gasteiger charge is -2.34. The topological polar surface area (TPSA) is 93.3 Å². The molecule has 4 heterocycles. The van der Waals surface area contributed by atoms with Crippen LogP contribution in [0.15, 0.2) is 41.3 Å². The predicted molar refractivity (Wildman–Crippen MR) is 118 cm³/mol. The molecule has 0 saturated carbocycles. The number of ether oxygens (including phenoxy) is 2. The van der Waals surface area contributed by atoms with Gasteiger partial charge in [-0.3, -0.25) is 9.55 Å². The minimum Gasteiger partial charge on any atom is -0.472 e. The Morgan fingerprint density at radius 3 is 2.75 bits per heavy atom. The monoisotopic (exact) mass is 501 g/mol. The number of benzene rings is 1. The Morgan fingerprint density at radius 1 is 1.17 bits per heavy atom. The third kappa shape index (κ3) is 4.44. The minimum absolute atomic E-state index is 0.126. The Morgan fingerprint density at radius 2 is 2.00 bits per heavy atom. The summed E-state index contributed by atoms with van der Waals surface area (Å²) >= 11 is 0. The van der Waals surface area contributed by atoms with Crippen LogP contribution in [0.5, 0.6) is 17.4 Å². The van der Waals surface area contributed by atoms with Crippen molar-refractivity contribution < 1.29 is 27.0 Å². The van der Waals surface area contributed by atoms with Crippen LogP contribution in [-0.4, -0.2) is 27.1 Å². The summed E-state index contributed by atoms with van der Waals surface area (Å²) in [7, 11) is 0. The third-order valence-electron chi connectivity index (χ3n) is 6.19. The zero-order valence-electron chi connectivity index (χ0n) is 18.8. The van der Waals surface area contributed by atoms with E-state index in [0.29, 0.717) is 24.0 Å². The number of aromatic nitrogens is 3. The highest BCUT2D eigenvalue weighted by molar-refractivity contribution is 5.61. The second-order valence-corrected chi connectivity index (χ2v) is 8.47. The summed E-state index contributed by atoms with van der Waals surface area (Å²) in [6.45, 7) is 1.02. The van der Waals surface area contributed by atoms with Crippen molar-refractivity contribution in [1.29, 1.82) is 5.26 Å². The van der Waals surface area contributed by atoms with Crippen molar-refractivity contribution in [1.82, 2.24) is 14.5 Å². The van der Waals surface area contributed by atoms with E-state index < -0.39 is 23.4 Å². The second-order valence-electron chi connectivity index (χ2n) is 8.47. The number of nitriles is 1. The molecule has 1 fully saturated rings. The molecule has 0 bridgehead atoms. The zero-order valence-corrected chi connectivity index (χ0v) is 18.8. The molecule has 0 N–H and O–H groups in total. The summed E-state index contributed by atoms with van der Waals surface area (Å²) in [5.74, 6) is -0.968. The molecule has 186 valence electrons. The fraction of sp³-hybridized carbons (Fsp3) is 0.333. The van der Waals surface area contributed by atoms with Crippen molar-refractivity contribution in [3.8, 4) is 23.4 Å². The molecule has 1 saturated heterocycles. The Bertz CT molecular complexity index is 1420. The van der Waals surface area contributed by atoms with Crippen LogP contribution in [0.3, 0.4) is 0 Å². The van der Waals surface area contributed by atoms with Crippen LogP contribution in [-0.2, 0) is 19.3 Å². The minimum atomic E-state index is -4.66. The van der Waals surface area contributed by atoms with Gasteiger partial charge in [-0.1, -0.05) is 6.07 Å². The van der Waals surface area contributed by atoms with Gasteiger partial charge >= 0.3 is 11.9 Å². The molecule has 5 rings (SSSR count). The highest BCUT2D eigenvalue weighted by Crippen LogP contribution is 2.36. The normalized spacial score (nSPS) is 16.8. The Balaban J connectivity index is 1.35. The maximum absolute atomic E-state index is 14.6. The number of halogens is 4. The lowest BCUT2D eigenvalue weighted by Crippen LogP contribution is -2.42. The molecule has 1 aromatic carbocycles. The van der Waals surface area contributed by atoms with Crippen LogP contribution in [0.4, 0.5) is 23.4 Å². The second kappa shape index (κ2) is 9.14. The molecule has 2 aliphatic heterocycles. The molecule has 0 amide bonds. The van der Waals surface area contributed by atoms with Gasteiger partial charge in [-0.05, 0) is 43.0 Å². The van der Waals surface area contributed by atoms with Crippen LogP contribution >= 0.6 is 0 Å². The first-order chi connectivity index (χ1) is 17.2. The van der Waals surface area contributed by atoms with Gasteiger partial charge in [-0.25, -0.2) is 9.18 Å². The van der Waals surface area contributed by atoms with Gasteiger partial charge in [0.15, 0.2) is 17.1 Å². The van der Waals surface area contributed by atoms with Gasteiger partial charge in [0.05, 0.1) is 0 Å². The molecule has 0 radical (unpaired) electrons. The summed E-state index contributed by atoms with van der Waals surface area (Å²) < 4.78 is 65.6. The number of nitrogens with zero attached hydrogens (tertiary/aromatic N) is 5. The van der Waals surface area contributed by atoms with Gasteiger partial charge in [0, 0.05) is 31.4 Å².